The summed E-state index contributed by atoms with van der Waals surface area (Å²) in [6.07, 6.45) is -4.63. The predicted octanol–water partition coefficient (Wildman–Crippen LogP) is 3.41. The first-order valence-corrected chi connectivity index (χ1v) is 7.00. The van der Waals surface area contributed by atoms with Crippen molar-refractivity contribution < 1.29 is 27.7 Å². The molecule has 6 nitrogen and oxygen atoms in total. The molecule has 0 fully saturated rings. The summed E-state index contributed by atoms with van der Waals surface area (Å²) in [4.78, 5) is 35.4. The predicted molar refractivity (Wildman–Crippen MR) is 78.7 cm³/mol. The normalized spacial score (nSPS) is 14.0. The van der Waals surface area contributed by atoms with Crippen LogP contribution in [0.2, 0.25) is 0 Å². The number of amides is 2. The molecule has 0 spiro atoms. The summed E-state index contributed by atoms with van der Waals surface area (Å²) in [5, 5.41) is 10.8. The van der Waals surface area contributed by atoms with E-state index in [4.69, 9.17) is 0 Å². The van der Waals surface area contributed by atoms with Crippen molar-refractivity contribution in [2.75, 3.05) is 0 Å². The Morgan fingerprint density at radius 2 is 1.64 bits per heavy atom. The smallest absolute Gasteiger partial charge is 0.270 e. The van der Waals surface area contributed by atoms with Gasteiger partial charge in [-0.25, -0.2) is 0 Å². The molecule has 0 saturated carbocycles. The topological polar surface area (TPSA) is 80.5 Å². The van der Waals surface area contributed by atoms with Gasteiger partial charge < -0.3 is 0 Å². The Hall–Kier alpha value is -3.23. The number of benzene rings is 2. The fourth-order valence-electron chi connectivity index (χ4n) is 2.64. The number of halogens is 3. The van der Waals surface area contributed by atoms with Crippen molar-refractivity contribution in [3.8, 4) is 0 Å². The van der Waals surface area contributed by atoms with Gasteiger partial charge >= 0.3 is 6.18 Å². The highest BCUT2D eigenvalue weighted by Crippen LogP contribution is 2.34. The second-order valence-electron chi connectivity index (χ2n) is 5.34. The summed E-state index contributed by atoms with van der Waals surface area (Å²) in [6, 6.07) is 7.75. The van der Waals surface area contributed by atoms with E-state index in [9.17, 15) is 32.9 Å². The third-order valence-electron chi connectivity index (χ3n) is 3.82. The van der Waals surface area contributed by atoms with Gasteiger partial charge in [-0.1, -0.05) is 18.2 Å². The second kappa shape index (κ2) is 5.69. The number of fused-ring (bicyclic) bond motifs is 1. The number of imide groups is 1. The number of hydrogen-bond donors (Lipinski definition) is 0. The molecule has 0 bridgehead atoms. The van der Waals surface area contributed by atoms with Gasteiger partial charge in [-0.3, -0.25) is 24.6 Å². The molecule has 0 N–H and O–H groups in total. The molecule has 0 radical (unpaired) electrons. The minimum absolute atomic E-state index is 0.0694. The Labute approximate surface area is 138 Å². The summed E-state index contributed by atoms with van der Waals surface area (Å²) < 4.78 is 39.2. The van der Waals surface area contributed by atoms with E-state index in [1.165, 1.54) is 18.2 Å². The van der Waals surface area contributed by atoms with E-state index in [-0.39, 0.29) is 22.4 Å². The van der Waals surface area contributed by atoms with Crippen molar-refractivity contribution in [1.29, 1.82) is 0 Å². The molecule has 0 atom stereocenters. The second-order valence-corrected chi connectivity index (χ2v) is 5.34. The highest BCUT2D eigenvalue weighted by molar-refractivity contribution is 6.21. The molecule has 0 unspecified atom stereocenters. The van der Waals surface area contributed by atoms with E-state index < -0.39 is 35.0 Å². The van der Waals surface area contributed by atoms with Gasteiger partial charge in [0.25, 0.3) is 17.5 Å². The monoisotopic (exact) mass is 350 g/mol. The summed E-state index contributed by atoms with van der Waals surface area (Å²) in [6.45, 7) is -0.574. The highest BCUT2D eigenvalue weighted by Gasteiger charge is 2.39. The zero-order valence-corrected chi connectivity index (χ0v) is 12.4. The first-order valence-electron chi connectivity index (χ1n) is 7.00. The van der Waals surface area contributed by atoms with Crippen LogP contribution in [-0.4, -0.2) is 21.6 Å². The van der Waals surface area contributed by atoms with Crippen LogP contribution < -0.4 is 0 Å². The van der Waals surface area contributed by atoms with Crippen molar-refractivity contribution in [2.24, 2.45) is 0 Å². The van der Waals surface area contributed by atoms with Crippen LogP contribution in [0.5, 0.6) is 0 Å². The summed E-state index contributed by atoms with van der Waals surface area (Å²) >= 11 is 0. The van der Waals surface area contributed by atoms with Crippen molar-refractivity contribution in [3.63, 3.8) is 0 Å². The number of alkyl halides is 3. The summed E-state index contributed by atoms with van der Waals surface area (Å²) in [7, 11) is 0. The van der Waals surface area contributed by atoms with Crippen molar-refractivity contribution in [2.45, 2.75) is 12.7 Å². The molecule has 25 heavy (non-hydrogen) atoms. The number of nitro groups is 1. The largest absolute Gasteiger partial charge is 0.416 e. The lowest BCUT2D eigenvalue weighted by Gasteiger charge is -2.18. The fourth-order valence-corrected chi connectivity index (χ4v) is 2.64. The van der Waals surface area contributed by atoms with Crippen LogP contribution in [0.4, 0.5) is 18.9 Å². The molecule has 3 rings (SSSR count). The average molecular weight is 350 g/mol. The first kappa shape index (κ1) is 16.6. The molecular weight excluding hydrogens is 341 g/mol. The molecular formula is C16H9F3N2O4. The molecule has 2 aromatic rings. The van der Waals surface area contributed by atoms with Crippen LogP contribution in [0.15, 0.2) is 42.5 Å². The molecule has 0 aromatic heterocycles. The fraction of sp³-hybridized carbons (Fsp3) is 0.125. The SMILES string of the molecule is O=C1c2ccc([N+](=O)[O-])cc2C(=O)N1Cc1ccccc1C(F)(F)F. The van der Waals surface area contributed by atoms with E-state index in [1.54, 1.807) is 0 Å². The van der Waals surface area contributed by atoms with Crippen LogP contribution in [0.3, 0.4) is 0 Å². The van der Waals surface area contributed by atoms with Gasteiger partial charge in [0, 0.05) is 12.1 Å². The summed E-state index contributed by atoms with van der Waals surface area (Å²) in [5.41, 5.74) is -1.82. The standard InChI is InChI=1S/C16H9F3N2O4/c17-16(18,19)13-4-2-1-3-9(13)8-20-14(22)11-6-5-10(21(24)25)7-12(11)15(20)23/h1-7H,8H2. The lowest BCUT2D eigenvalue weighted by molar-refractivity contribution is -0.384. The minimum atomic E-state index is -4.63. The van der Waals surface area contributed by atoms with E-state index in [0.29, 0.717) is 4.90 Å². The lowest BCUT2D eigenvalue weighted by Crippen LogP contribution is -2.30. The molecule has 2 amide bonds. The quantitative estimate of drug-likeness (QED) is 0.483. The summed E-state index contributed by atoms with van der Waals surface area (Å²) in [5.74, 6) is -1.65. The van der Waals surface area contributed by atoms with Crippen LogP contribution in [0.25, 0.3) is 0 Å². The zero-order chi connectivity index (χ0) is 18.4. The Balaban J connectivity index is 1.97. The van der Waals surface area contributed by atoms with Crippen LogP contribution in [-0.2, 0) is 12.7 Å². The van der Waals surface area contributed by atoms with Crippen molar-refractivity contribution in [3.05, 3.63) is 74.8 Å². The molecule has 2 aromatic carbocycles. The maximum atomic E-state index is 13.1. The van der Waals surface area contributed by atoms with Gasteiger partial charge in [-0.2, -0.15) is 13.2 Å². The molecule has 128 valence electrons. The molecule has 1 aliphatic rings. The maximum absolute atomic E-state index is 13.1. The number of non-ortho nitro benzene ring substituents is 1. The lowest BCUT2D eigenvalue weighted by atomic mass is 10.1. The molecule has 1 aliphatic heterocycles. The number of carbonyl (C=O) groups excluding carboxylic acids is 2. The number of nitro benzene ring substituents is 1. The Morgan fingerprint density at radius 1 is 1.00 bits per heavy atom. The van der Waals surface area contributed by atoms with Gasteiger partial charge in [0.05, 0.1) is 28.2 Å². The van der Waals surface area contributed by atoms with Crippen LogP contribution in [0.1, 0.15) is 31.8 Å². The van der Waals surface area contributed by atoms with Gasteiger partial charge in [0.1, 0.15) is 0 Å². The third-order valence-corrected chi connectivity index (χ3v) is 3.82. The Bertz CT molecular complexity index is 908. The zero-order valence-electron chi connectivity index (χ0n) is 12.4. The van der Waals surface area contributed by atoms with Gasteiger partial charge in [0.15, 0.2) is 0 Å². The van der Waals surface area contributed by atoms with Crippen LogP contribution >= 0.6 is 0 Å². The van der Waals surface area contributed by atoms with Gasteiger partial charge in [0.2, 0.25) is 0 Å². The molecule has 0 saturated heterocycles. The average Bonchev–Trinajstić information content (AvgIpc) is 2.79. The van der Waals surface area contributed by atoms with Crippen molar-refractivity contribution in [1.82, 2.24) is 4.90 Å². The number of nitrogens with zero attached hydrogens (tertiary/aromatic N) is 2. The Morgan fingerprint density at radius 3 is 2.28 bits per heavy atom. The maximum Gasteiger partial charge on any atom is 0.416 e. The van der Waals surface area contributed by atoms with Crippen LogP contribution in [0, 0.1) is 10.1 Å². The molecule has 0 aliphatic carbocycles. The van der Waals surface area contributed by atoms with Gasteiger partial charge in [-0.05, 0) is 17.7 Å². The first-order chi connectivity index (χ1) is 11.7. The van der Waals surface area contributed by atoms with E-state index in [1.807, 2.05) is 0 Å². The number of rotatable bonds is 3. The third kappa shape index (κ3) is 2.84. The Kier molecular flexibility index (Phi) is 3.78. The van der Waals surface area contributed by atoms with E-state index in [2.05, 4.69) is 0 Å². The number of hydrogen-bond acceptors (Lipinski definition) is 4. The van der Waals surface area contributed by atoms with Crippen molar-refractivity contribution >= 4 is 17.5 Å². The molecule has 9 heteroatoms. The van der Waals surface area contributed by atoms with E-state index in [0.717, 1.165) is 24.3 Å². The molecule has 1 heterocycles. The van der Waals surface area contributed by atoms with Gasteiger partial charge in [-0.15, -0.1) is 0 Å². The highest BCUT2D eigenvalue weighted by atomic mass is 19.4. The number of carbonyl (C=O) groups is 2. The minimum Gasteiger partial charge on any atom is -0.270 e. The van der Waals surface area contributed by atoms with E-state index >= 15 is 0 Å².